The van der Waals surface area contributed by atoms with Crippen molar-refractivity contribution in [2.24, 2.45) is 0 Å². The first-order chi connectivity index (χ1) is 11.6. The van der Waals surface area contributed by atoms with E-state index in [1.165, 1.54) is 0 Å². The summed E-state index contributed by atoms with van der Waals surface area (Å²) < 4.78 is 0. The standard InChI is InChI=1S/C19H27NO4/c1-2-3-12-20(13-6-4-5-7-19(23)24)18-10-8-16(9-11-18)17(14-21)15-22/h8-11,14-15,21H,2-7,12-13H2,1H3,(H,23,24)/b17-14-. The number of carbonyl (C=O) groups is 2. The Morgan fingerprint density at radius 1 is 1.08 bits per heavy atom. The smallest absolute Gasteiger partial charge is 0.303 e. The largest absolute Gasteiger partial charge is 0.515 e. The topological polar surface area (TPSA) is 77.8 Å². The molecule has 1 aromatic carbocycles. The number of nitrogens with zero attached hydrogens (tertiary/aromatic N) is 1. The third-order valence-corrected chi connectivity index (χ3v) is 3.93. The number of aldehydes is 1. The fraction of sp³-hybridized carbons (Fsp3) is 0.474. The van der Waals surface area contributed by atoms with E-state index < -0.39 is 5.97 Å². The van der Waals surface area contributed by atoms with Gasteiger partial charge in [0.1, 0.15) is 0 Å². The first kappa shape index (κ1) is 19.7. The highest BCUT2D eigenvalue weighted by Crippen LogP contribution is 2.20. The van der Waals surface area contributed by atoms with Crippen molar-refractivity contribution in [3.05, 3.63) is 36.1 Å². The predicted molar refractivity (Wildman–Crippen MR) is 96.3 cm³/mol. The molecule has 0 saturated heterocycles. The molecule has 1 aromatic rings. The Balaban J connectivity index is 2.66. The van der Waals surface area contributed by atoms with Crippen LogP contribution < -0.4 is 4.90 Å². The number of aliphatic carboxylic acids is 1. The summed E-state index contributed by atoms with van der Waals surface area (Å²) in [5, 5.41) is 17.7. The Morgan fingerprint density at radius 2 is 1.75 bits per heavy atom. The molecule has 1 rings (SSSR count). The van der Waals surface area contributed by atoms with Crippen LogP contribution >= 0.6 is 0 Å². The van der Waals surface area contributed by atoms with Crippen molar-refractivity contribution in [2.45, 2.75) is 45.4 Å². The number of benzene rings is 1. The van der Waals surface area contributed by atoms with Crippen LogP contribution in [0.4, 0.5) is 5.69 Å². The highest BCUT2D eigenvalue weighted by Gasteiger charge is 2.08. The molecule has 0 bridgehead atoms. The van der Waals surface area contributed by atoms with Crippen LogP contribution in [0.3, 0.4) is 0 Å². The molecule has 0 amide bonds. The number of hydrogen-bond donors (Lipinski definition) is 2. The van der Waals surface area contributed by atoms with Crippen LogP contribution in [0, 0.1) is 0 Å². The summed E-state index contributed by atoms with van der Waals surface area (Å²) in [5.74, 6) is -0.739. The lowest BCUT2D eigenvalue weighted by Gasteiger charge is -2.25. The van der Waals surface area contributed by atoms with Gasteiger partial charge in [0.15, 0.2) is 6.29 Å². The molecule has 5 heteroatoms. The molecule has 132 valence electrons. The maximum Gasteiger partial charge on any atom is 0.303 e. The second-order valence-electron chi connectivity index (χ2n) is 5.79. The number of unbranched alkanes of at least 4 members (excludes halogenated alkanes) is 3. The minimum Gasteiger partial charge on any atom is -0.515 e. The zero-order valence-electron chi connectivity index (χ0n) is 14.3. The molecule has 0 aliphatic carbocycles. The quantitative estimate of drug-likeness (QED) is 0.261. The van der Waals surface area contributed by atoms with Crippen molar-refractivity contribution in [1.82, 2.24) is 0 Å². The van der Waals surface area contributed by atoms with E-state index in [2.05, 4.69) is 11.8 Å². The number of carboxylic acids is 1. The zero-order valence-corrected chi connectivity index (χ0v) is 14.3. The van der Waals surface area contributed by atoms with Crippen molar-refractivity contribution < 1.29 is 19.8 Å². The molecule has 0 fully saturated rings. The molecule has 0 spiro atoms. The van der Waals surface area contributed by atoms with E-state index in [1.54, 1.807) is 0 Å². The van der Waals surface area contributed by atoms with Crippen molar-refractivity contribution in [1.29, 1.82) is 0 Å². The minimum atomic E-state index is -0.739. The second kappa shape index (κ2) is 11.3. The summed E-state index contributed by atoms with van der Waals surface area (Å²) in [5.41, 5.74) is 2.03. The Morgan fingerprint density at radius 3 is 2.29 bits per heavy atom. The molecule has 0 aliphatic rings. The number of anilines is 1. The molecule has 24 heavy (non-hydrogen) atoms. The van der Waals surface area contributed by atoms with E-state index in [4.69, 9.17) is 10.2 Å². The first-order valence-corrected chi connectivity index (χ1v) is 8.49. The predicted octanol–water partition coefficient (Wildman–Crippen LogP) is 4.04. The summed E-state index contributed by atoms with van der Waals surface area (Å²) >= 11 is 0. The zero-order chi connectivity index (χ0) is 17.8. The summed E-state index contributed by atoms with van der Waals surface area (Å²) in [4.78, 5) is 23.7. The van der Waals surface area contributed by atoms with Crippen LogP contribution in [0.2, 0.25) is 0 Å². The van der Waals surface area contributed by atoms with Crippen LogP contribution in [0.5, 0.6) is 0 Å². The van der Waals surface area contributed by atoms with Crippen LogP contribution in [0.15, 0.2) is 30.5 Å². The Kier molecular flexibility index (Phi) is 9.27. The maximum atomic E-state index is 10.9. The average Bonchev–Trinajstić information content (AvgIpc) is 2.59. The van der Waals surface area contributed by atoms with Crippen LogP contribution in [0.25, 0.3) is 5.57 Å². The summed E-state index contributed by atoms with van der Waals surface area (Å²) in [7, 11) is 0. The fourth-order valence-electron chi connectivity index (χ4n) is 2.51. The van der Waals surface area contributed by atoms with Crippen LogP contribution in [-0.2, 0) is 9.59 Å². The number of carboxylic acid groups (broad SMARTS) is 1. The van der Waals surface area contributed by atoms with E-state index >= 15 is 0 Å². The van der Waals surface area contributed by atoms with Gasteiger partial charge in [-0.2, -0.15) is 0 Å². The third kappa shape index (κ3) is 6.86. The Labute approximate surface area is 143 Å². The molecule has 0 aliphatic heterocycles. The van der Waals surface area contributed by atoms with Gasteiger partial charge < -0.3 is 15.1 Å². The van der Waals surface area contributed by atoms with Gasteiger partial charge in [0.2, 0.25) is 0 Å². The van der Waals surface area contributed by atoms with Gasteiger partial charge in [-0.1, -0.05) is 31.9 Å². The van der Waals surface area contributed by atoms with Gasteiger partial charge in [-0.25, -0.2) is 0 Å². The lowest BCUT2D eigenvalue weighted by Crippen LogP contribution is -2.25. The fourth-order valence-corrected chi connectivity index (χ4v) is 2.51. The van der Waals surface area contributed by atoms with Crippen molar-refractivity contribution in [3.8, 4) is 0 Å². The van der Waals surface area contributed by atoms with Crippen molar-refractivity contribution in [3.63, 3.8) is 0 Å². The molecular formula is C19H27NO4. The molecule has 2 N–H and O–H groups in total. The second-order valence-corrected chi connectivity index (χ2v) is 5.79. The van der Waals surface area contributed by atoms with Gasteiger partial charge in [-0.3, -0.25) is 9.59 Å². The van der Waals surface area contributed by atoms with Gasteiger partial charge >= 0.3 is 5.97 Å². The molecule has 0 aromatic heterocycles. The number of aliphatic hydroxyl groups is 1. The molecule has 0 saturated carbocycles. The van der Waals surface area contributed by atoms with Gasteiger partial charge in [-0.15, -0.1) is 0 Å². The van der Waals surface area contributed by atoms with Gasteiger partial charge in [0.25, 0.3) is 0 Å². The molecule has 0 heterocycles. The summed E-state index contributed by atoms with van der Waals surface area (Å²) in [6.07, 6.45) is 6.44. The monoisotopic (exact) mass is 333 g/mol. The van der Waals surface area contributed by atoms with E-state index in [9.17, 15) is 9.59 Å². The number of allylic oxidation sites excluding steroid dienone is 1. The number of rotatable bonds is 12. The van der Waals surface area contributed by atoms with Gasteiger partial charge in [0.05, 0.1) is 11.8 Å². The van der Waals surface area contributed by atoms with E-state index in [-0.39, 0.29) is 12.0 Å². The highest BCUT2D eigenvalue weighted by molar-refractivity contribution is 6.06. The molecular weight excluding hydrogens is 306 g/mol. The summed E-state index contributed by atoms with van der Waals surface area (Å²) in [6.45, 7) is 3.98. The van der Waals surface area contributed by atoms with E-state index in [1.807, 2.05) is 24.3 Å². The van der Waals surface area contributed by atoms with E-state index in [0.717, 1.165) is 50.7 Å². The van der Waals surface area contributed by atoms with E-state index in [0.29, 0.717) is 18.3 Å². The SMILES string of the molecule is CCCCN(CCCCCC(=O)O)c1ccc(/C(C=O)=C\O)cc1. The lowest BCUT2D eigenvalue weighted by molar-refractivity contribution is -0.137. The number of hydrogen-bond acceptors (Lipinski definition) is 4. The maximum absolute atomic E-state index is 10.9. The normalized spacial score (nSPS) is 11.3. The van der Waals surface area contributed by atoms with Gasteiger partial charge in [-0.05, 0) is 37.0 Å². The van der Waals surface area contributed by atoms with Crippen LogP contribution in [-0.4, -0.2) is 35.6 Å². The molecule has 0 atom stereocenters. The molecule has 0 unspecified atom stereocenters. The summed E-state index contributed by atoms with van der Waals surface area (Å²) in [6, 6.07) is 7.56. The third-order valence-electron chi connectivity index (χ3n) is 3.93. The van der Waals surface area contributed by atoms with Crippen LogP contribution in [0.1, 0.15) is 51.0 Å². The first-order valence-electron chi connectivity index (χ1n) is 8.49. The minimum absolute atomic E-state index is 0.228. The Hall–Kier alpha value is -2.30. The Bertz CT molecular complexity index is 537. The number of carbonyl (C=O) groups excluding carboxylic acids is 1. The van der Waals surface area contributed by atoms with Crippen molar-refractivity contribution >= 4 is 23.5 Å². The highest BCUT2D eigenvalue weighted by atomic mass is 16.4. The molecule has 0 radical (unpaired) electrons. The van der Waals surface area contributed by atoms with Crippen molar-refractivity contribution in [2.75, 3.05) is 18.0 Å². The lowest BCUT2D eigenvalue weighted by atomic mass is 10.1. The average molecular weight is 333 g/mol. The van der Waals surface area contributed by atoms with Gasteiger partial charge in [0, 0.05) is 25.2 Å². The number of aliphatic hydroxyl groups excluding tert-OH is 1. The molecule has 5 nitrogen and oxygen atoms in total.